The average Bonchev–Trinajstić information content (AvgIpc) is 2.95. The van der Waals surface area contributed by atoms with E-state index in [9.17, 15) is 8.42 Å². The maximum atomic E-state index is 13.7. The van der Waals surface area contributed by atoms with Crippen molar-refractivity contribution in [1.29, 1.82) is 0 Å². The molecule has 3 rings (SSSR count). The molecule has 3 aromatic carbocycles. The molecule has 0 bridgehead atoms. The Bertz CT molecular complexity index is 1310. The lowest BCUT2D eigenvalue weighted by Crippen LogP contribution is -2.19. The minimum Gasteiger partial charge on any atom is -0.465 e. The van der Waals surface area contributed by atoms with Crippen molar-refractivity contribution in [3.63, 3.8) is 0 Å². The zero-order valence-corrected chi connectivity index (χ0v) is 27.4. The van der Waals surface area contributed by atoms with Crippen LogP contribution in [-0.4, -0.2) is 54.1 Å². The standard InChI is InChI=1S/C32H45NO7S2/c1-8-11-22-41(34,35)40-42(30-20-18-27(19-21-30)33(6)7,31-16-12-14-28(23-31)38-25(4)36-9-2)32-17-13-15-29(24-32)39-26(5)37-10-3/h12-21,23-26H,8-11,22H2,1-7H3. The van der Waals surface area contributed by atoms with Gasteiger partial charge in [-0.2, -0.15) is 8.42 Å². The summed E-state index contributed by atoms with van der Waals surface area (Å²) in [7, 11) is -2.90. The van der Waals surface area contributed by atoms with Crippen LogP contribution in [0.4, 0.5) is 5.69 Å². The lowest BCUT2D eigenvalue weighted by molar-refractivity contribution is -0.0617. The summed E-state index contributed by atoms with van der Waals surface area (Å²) < 4.78 is 57.1. The summed E-state index contributed by atoms with van der Waals surface area (Å²) in [5.41, 5.74) is 0.978. The molecule has 0 aliphatic rings. The van der Waals surface area contributed by atoms with Crippen LogP contribution in [0.25, 0.3) is 0 Å². The van der Waals surface area contributed by atoms with Crippen molar-refractivity contribution < 1.29 is 31.0 Å². The summed E-state index contributed by atoms with van der Waals surface area (Å²) in [4.78, 5) is 4.04. The maximum Gasteiger partial charge on any atom is 0.277 e. The van der Waals surface area contributed by atoms with Gasteiger partial charge < -0.3 is 23.8 Å². The third kappa shape index (κ3) is 8.87. The third-order valence-electron chi connectivity index (χ3n) is 6.32. The predicted molar refractivity (Wildman–Crippen MR) is 169 cm³/mol. The Balaban J connectivity index is 2.31. The van der Waals surface area contributed by atoms with Crippen LogP contribution in [-0.2, 0) is 23.2 Å². The second-order valence-electron chi connectivity index (χ2n) is 9.86. The van der Waals surface area contributed by atoms with E-state index in [4.69, 9.17) is 22.6 Å². The van der Waals surface area contributed by atoms with Gasteiger partial charge >= 0.3 is 0 Å². The van der Waals surface area contributed by atoms with Crippen molar-refractivity contribution in [3.8, 4) is 11.5 Å². The summed E-state index contributed by atoms with van der Waals surface area (Å²) in [5.74, 6) is 0.993. The Morgan fingerprint density at radius 2 is 1.21 bits per heavy atom. The molecule has 0 radical (unpaired) electrons. The van der Waals surface area contributed by atoms with Gasteiger partial charge in [0.2, 0.25) is 0 Å². The molecule has 2 atom stereocenters. The molecule has 42 heavy (non-hydrogen) atoms. The van der Waals surface area contributed by atoms with Gasteiger partial charge in [-0.05, 0) is 105 Å². The van der Waals surface area contributed by atoms with Gasteiger partial charge in [0, 0.05) is 47.7 Å². The Hall–Kier alpha value is -2.76. The fourth-order valence-corrected chi connectivity index (χ4v) is 9.89. The number of unbranched alkanes of at least 4 members (excludes halogenated alkanes) is 1. The van der Waals surface area contributed by atoms with E-state index in [0.717, 1.165) is 17.0 Å². The number of rotatable bonds is 17. The number of hydrogen-bond acceptors (Lipinski definition) is 8. The van der Waals surface area contributed by atoms with Gasteiger partial charge in [0.05, 0.1) is 5.75 Å². The molecule has 0 aliphatic heterocycles. The molecule has 8 nitrogen and oxygen atoms in total. The number of hydrogen-bond donors (Lipinski definition) is 0. The van der Waals surface area contributed by atoms with E-state index in [0.29, 0.717) is 40.9 Å². The largest absolute Gasteiger partial charge is 0.465 e. The summed E-state index contributed by atoms with van der Waals surface area (Å²) >= 11 is 0. The van der Waals surface area contributed by atoms with Crippen LogP contribution < -0.4 is 14.4 Å². The van der Waals surface area contributed by atoms with E-state index < -0.39 is 33.0 Å². The highest BCUT2D eigenvalue weighted by atomic mass is 32.3. The Morgan fingerprint density at radius 3 is 1.64 bits per heavy atom. The summed E-state index contributed by atoms with van der Waals surface area (Å²) in [6.45, 7) is 10.4. The fourth-order valence-electron chi connectivity index (χ4n) is 4.35. The van der Waals surface area contributed by atoms with Crippen LogP contribution >= 0.6 is 10.3 Å². The van der Waals surface area contributed by atoms with E-state index in [1.54, 1.807) is 0 Å². The van der Waals surface area contributed by atoms with Gasteiger partial charge in [-0.25, -0.2) is 3.63 Å². The summed E-state index contributed by atoms with van der Waals surface area (Å²) in [6.07, 6.45) is 0.237. The molecule has 0 aromatic heterocycles. The normalized spacial score (nSPS) is 15.3. The molecule has 0 fully saturated rings. The minimum atomic E-state index is -3.97. The van der Waals surface area contributed by atoms with Crippen LogP contribution in [0, 0.1) is 0 Å². The van der Waals surface area contributed by atoms with Crippen LogP contribution in [0.15, 0.2) is 87.5 Å². The molecule has 0 heterocycles. The molecular formula is C32H45NO7S2. The first-order chi connectivity index (χ1) is 20.0. The lowest BCUT2D eigenvalue weighted by Gasteiger charge is -2.40. The molecule has 10 heteroatoms. The molecule has 0 spiro atoms. The SMILES string of the molecule is CCCCS(=O)(=O)OS(c1ccc(N(C)C)cc1)(c1cccc(OC(C)OCC)c1)c1cccc(OC(C)OCC)c1. The topological polar surface area (TPSA) is 83.5 Å². The Labute approximate surface area is 253 Å². The van der Waals surface area contributed by atoms with Crippen molar-refractivity contribution in [1.82, 2.24) is 0 Å². The smallest absolute Gasteiger partial charge is 0.277 e. The molecule has 0 saturated carbocycles. The number of ether oxygens (including phenoxy) is 4. The highest BCUT2D eigenvalue weighted by molar-refractivity contribution is 8.33. The van der Waals surface area contributed by atoms with Crippen LogP contribution in [0.1, 0.15) is 47.5 Å². The van der Waals surface area contributed by atoms with Gasteiger partial charge in [-0.15, -0.1) is 0 Å². The lowest BCUT2D eigenvalue weighted by atomic mass is 10.3. The highest BCUT2D eigenvalue weighted by Crippen LogP contribution is 2.70. The number of anilines is 1. The first-order valence-electron chi connectivity index (χ1n) is 14.4. The summed E-state index contributed by atoms with van der Waals surface area (Å²) in [6, 6.07) is 22.6. The van der Waals surface area contributed by atoms with Gasteiger partial charge in [-0.3, -0.25) is 0 Å². The van der Waals surface area contributed by atoms with Crippen molar-refractivity contribution in [2.45, 2.75) is 74.7 Å². The van der Waals surface area contributed by atoms with Crippen molar-refractivity contribution in [2.24, 2.45) is 0 Å². The van der Waals surface area contributed by atoms with Crippen molar-refractivity contribution in [2.75, 3.05) is 38.0 Å². The van der Waals surface area contributed by atoms with Gasteiger partial charge in [0.1, 0.15) is 11.5 Å². The Kier molecular flexibility index (Phi) is 12.6. The quantitative estimate of drug-likeness (QED) is 0.143. The molecule has 2 unspecified atom stereocenters. The molecule has 3 aromatic rings. The van der Waals surface area contributed by atoms with Crippen LogP contribution in [0.3, 0.4) is 0 Å². The molecule has 0 N–H and O–H groups in total. The minimum absolute atomic E-state index is 0.0941. The average molecular weight is 620 g/mol. The van der Waals surface area contributed by atoms with E-state index in [2.05, 4.69) is 0 Å². The van der Waals surface area contributed by atoms with E-state index in [1.807, 2.05) is 126 Å². The van der Waals surface area contributed by atoms with E-state index in [-0.39, 0.29) is 5.75 Å². The van der Waals surface area contributed by atoms with E-state index in [1.165, 1.54) is 0 Å². The van der Waals surface area contributed by atoms with Crippen LogP contribution in [0.5, 0.6) is 11.5 Å². The first kappa shape index (κ1) is 33.7. The molecule has 0 amide bonds. The van der Waals surface area contributed by atoms with Crippen molar-refractivity contribution in [3.05, 3.63) is 72.8 Å². The second kappa shape index (κ2) is 15.6. The van der Waals surface area contributed by atoms with Gasteiger partial charge in [-0.1, -0.05) is 25.5 Å². The predicted octanol–water partition coefficient (Wildman–Crippen LogP) is 7.62. The maximum absolute atomic E-state index is 13.7. The molecule has 0 aliphatic carbocycles. The van der Waals surface area contributed by atoms with Gasteiger partial charge in [0.25, 0.3) is 10.1 Å². The first-order valence-corrected chi connectivity index (χ1v) is 17.5. The Morgan fingerprint density at radius 1 is 0.714 bits per heavy atom. The molecule has 232 valence electrons. The molecular weight excluding hydrogens is 574 g/mol. The highest BCUT2D eigenvalue weighted by Gasteiger charge is 2.38. The van der Waals surface area contributed by atoms with Crippen molar-refractivity contribution >= 4 is 26.1 Å². The fraction of sp³-hybridized carbons (Fsp3) is 0.438. The van der Waals surface area contributed by atoms with E-state index >= 15 is 0 Å². The number of nitrogens with zero attached hydrogens (tertiary/aromatic N) is 1. The summed E-state index contributed by atoms with van der Waals surface area (Å²) in [5, 5.41) is 0. The second-order valence-corrected chi connectivity index (χ2v) is 14.5. The third-order valence-corrected chi connectivity index (χ3v) is 11.5. The van der Waals surface area contributed by atoms with Gasteiger partial charge in [0.15, 0.2) is 12.6 Å². The monoisotopic (exact) mass is 619 g/mol. The molecule has 0 saturated heterocycles. The number of benzene rings is 3. The zero-order valence-electron chi connectivity index (χ0n) is 25.7. The van der Waals surface area contributed by atoms with Crippen LogP contribution in [0.2, 0.25) is 0 Å². The zero-order chi connectivity index (χ0) is 30.8.